The van der Waals surface area contributed by atoms with E-state index in [1.807, 2.05) is 19.1 Å². The molecule has 0 saturated heterocycles. The van der Waals surface area contributed by atoms with Gasteiger partial charge in [-0.2, -0.15) is 0 Å². The molecule has 0 radical (unpaired) electrons. The number of rotatable bonds is 5. The monoisotopic (exact) mass is 268 g/mol. The summed E-state index contributed by atoms with van der Waals surface area (Å²) in [5, 5.41) is 6.75. The van der Waals surface area contributed by atoms with Crippen LogP contribution in [0.1, 0.15) is 11.1 Å². The van der Waals surface area contributed by atoms with E-state index in [9.17, 15) is 0 Å². The predicted octanol–water partition coefficient (Wildman–Crippen LogP) is 2.21. The summed E-state index contributed by atoms with van der Waals surface area (Å²) in [6, 6.07) is 6.17. The van der Waals surface area contributed by atoms with E-state index < -0.39 is 0 Å². The first-order chi connectivity index (χ1) is 8.56. The second-order valence-corrected chi connectivity index (χ2v) is 4.46. The van der Waals surface area contributed by atoms with Crippen molar-refractivity contribution in [1.82, 2.24) is 5.32 Å². The number of benzene rings is 1. The van der Waals surface area contributed by atoms with E-state index in [4.69, 9.17) is 21.7 Å². The van der Waals surface area contributed by atoms with Crippen molar-refractivity contribution in [3.8, 4) is 0 Å². The standard InChI is InChI=1S/C13H20N2O2S/c1-9-5-6-11(10(2)7-9)15-13(18)14-8-12(16-3)17-4/h5-7,12H,8H2,1-4H3,(H2,14,15,18). The minimum absolute atomic E-state index is 0.302. The third kappa shape index (κ3) is 4.60. The second-order valence-electron chi connectivity index (χ2n) is 4.05. The molecule has 5 heteroatoms. The van der Waals surface area contributed by atoms with E-state index in [2.05, 4.69) is 23.6 Å². The van der Waals surface area contributed by atoms with Crippen LogP contribution in [0.25, 0.3) is 0 Å². The molecule has 4 nitrogen and oxygen atoms in total. The summed E-state index contributed by atoms with van der Waals surface area (Å²) in [5.41, 5.74) is 3.40. The van der Waals surface area contributed by atoms with Gasteiger partial charge < -0.3 is 20.1 Å². The summed E-state index contributed by atoms with van der Waals surface area (Å²) in [4.78, 5) is 0. The summed E-state index contributed by atoms with van der Waals surface area (Å²) < 4.78 is 10.1. The van der Waals surface area contributed by atoms with Gasteiger partial charge >= 0.3 is 0 Å². The Morgan fingerprint density at radius 3 is 2.50 bits per heavy atom. The molecule has 1 aromatic rings. The zero-order valence-corrected chi connectivity index (χ0v) is 12.1. The lowest BCUT2D eigenvalue weighted by Crippen LogP contribution is -2.36. The molecule has 18 heavy (non-hydrogen) atoms. The number of ether oxygens (including phenoxy) is 2. The summed E-state index contributed by atoms with van der Waals surface area (Å²) in [6.07, 6.45) is -0.302. The molecule has 2 N–H and O–H groups in total. The minimum Gasteiger partial charge on any atom is -0.357 e. The highest BCUT2D eigenvalue weighted by atomic mass is 32.1. The van der Waals surface area contributed by atoms with E-state index in [1.54, 1.807) is 14.2 Å². The highest BCUT2D eigenvalue weighted by molar-refractivity contribution is 7.80. The molecule has 0 amide bonds. The second kappa shape index (κ2) is 7.31. The number of thiocarbonyl (C=S) groups is 1. The first-order valence-electron chi connectivity index (χ1n) is 5.74. The van der Waals surface area contributed by atoms with Gasteiger partial charge in [-0.05, 0) is 37.7 Å². The molecule has 1 aromatic carbocycles. The largest absolute Gasteiger partial charge is 0.357 e. The Labute approximate surface area is 114 Å². The van der Waals surface area contributed by atoms with Crippen LogP contribution >= 0.6 is 12.2 Å². The summed E-state index contributed by atoms with van der Waals surface area (Å²) in [5.74, 6) is 0. The maximum absolute atomic E-state index is 5.21. The molecule has 0 aromatic heterocycles. The van der Waals surface area contributed by atoms with Crippen LogP contribution in [0.5, 0.6) is 0 Å². The molecule has 0 saturated carbocycles. The molecule has 0 atom stereocenters. The van der Waals surface area contributed by atoms with Crippen molar-refractivity contribution in [1.29, 1.82) is 0 Å². The van der Waals surface area contributed by atoms with Gasteiger partial charge in [0.1, 0.15) is 0 Å². The molecule has 0 spiro atoms. The van der Waals surface area contributed by atoms with E-state index in [1.165, 1.54) is 5.56 Å². The molecule has 0 unspecified atom stereocenters. The van der Waals surface area contributed by atoms with Gasteiger partial charge in [0.2, 0.25) is 0 Å². The molecule has 1 rings (SSSR count). The van der Waals surface area contributed by atoms with Gasteiger partial charge in [-0.1, -0.05) is 17.7 Å². The molecular formula is C13H20N2O2S. The van der Waals surface area contributed by atoms with Crippen LogP contribution < -0.4 is 10.6 Å². The van der Waals surface area contributed by atoms with Crippen molar-refractivity contribution >= 4 is 23.0 Å². The normalized spacial score (nSPS) is 10.5. The Hall–Kier alpha value is -1.17. The van der Waals surface area contributed by atoms with Crippen LogP contribution in [0.15, 0.2) is 18.2 Å². The van der Waals surface area contributed by atoms with Crippen LogP contribution in [0, 0.1) is 13.8 Å². The van der Waals surface area contributed by atoms with Gasteiger partial charge in [-0.3, -0.25) is 0 Å². The molecule has 0 bridgehead atoms. The average molecular weight is 268 g/mol. The van der Waals surface area contributed by atoms with E-state index in [-0.39, 0.29) is 6.29 Å². The van der Waals surface area contributed by atoms with Crippen LogP contribution in [-0.2, 0) is 9.47 Å². The van der Waals surface area contributed by atoms with Gasteiger partial charge in [0, 0.05) is 19.9 Å². The number of hydrogen-bond donors (Lipinski definition) is 2. The van der Waals surface area contributed by atoms with Crippen molar-refractivity contribution in [2.24, 2.45) is 0 Å². The Morgan fingerprint density at radius 2 is 1.94 bits per heavy atom. The maximum Gasteiger partial charge on any atom is 0.174 e. The van der Waals surface area contributed by atoms with Crippen LogP contribution in [0.3, 0.4) is 0 Å². The summed E-state index contributed by atoms with van der Waals surface area (Å²) >= 11 is 5.21. The lowest BCUT2D eigenvalue weighted by molar-refractivity contribution is -0.0964. The van der Waals surface area contributed by atoms with Crippen LogP contribution in [0.4, 0.5) is 5.69 Å². The highest BCUT2D eigenvalue weighted by Gasteiger charge is 2.06. The van der Waals surface area contributed by atoms with Crippen LogP contribution in [0.2, 0.25) is 0 Å². The molecule has 100 valence electrons. The zero-order valence-electron chi connectivity index (χ0n) is 11.2. The molecule has 0 heterocycles. The van der Waals surface area contributed by atoms with E-state index in [0.717, 1.165) is 11.3 Å². The smallest absolute Gasteiger partial charge is 0.174 e. The van der Waals surface area contributed by atoms with Gasteiger partial charge in [0.05, 0.1) is 6.54 Å². The van der Waals surface area contributed by atoms with Gasteiger partial charge in [0.15, 0.2) is 11.4 Å². The van der Waals surface area contributed by atoms with Gasteiger partial charge in [0.25, 0.3) is 0 Å². The summed E-state index contributed by atoms with van der Waals surface area (Å²) in [6.45, 7) is 4.62. The summed E-state index contributed by atoms with van der Waals surface area (Å²) in [7, 11) is 3.19. The Bertz CT molecular complexity index is 406. The van der Waals surface area contributed by atoms with Crippen molar-refractivity contribution in [3.63, 3.8) is 0 Å². The SMILES string of the molecule is COC(CNC(=S)Nc1ccc(C)cc1C)OC. The van der Waals surface area contributed by atoms with Crippen molar-refractivity contribution < 1.29 is 9.47 Å². The van der Waals surface area contributed by atoms with Crippen molar-refractivity contribution in [2.45, 2.75) is 20.1 Å². The van der Waals surface area contributed by atoms with Gasteiger partial charge in [-0.25, -0.2) is 0 Å². The third-order valence-corrected chi connectivity index (χ3v) is 2.83. The topological polar surface area (TPSA) is 42.5 Å². The average Bonchev–Trinajstić information content (AvgIpc) is 2.34. The molecule has 0 fully saturated rings. The first kappa shape index (κ1) is 14.9. The molecule has 0 aliphatic rings. The zero-order chi connectivity index (χ0) is 13.5. The third-order valence-electron chi connectivity index (χ3n) is 2.59. The Morgan fingerprint density at radius 1 is 1.28 bits per heavy atom. The fourth-order valence-electron chi connectivity index (χ4n) is 1.56. The number of nitrogens with one attached hydrogen (secondary N) is 2. The first-order valence-corrected chi connectivity index (χ1v) is 6.15. The van der Waals surface area contributed by atoms with Crippen molar-refractivity contribution in [3.05, 3.63) is 29.3 Å². The quantitative estimate of drug-likeness (QED) is 0.633. The Kier molecular flexibility index (Phi) is 6.04. The number of hydrogen-bond acceptors (Lipinski definition) is 3. The lowest BCUT2D eigenvalue weighted by Gasteiger charge is -2.17. The minimum atomic E-state index is -0.302. The van der Waals surface area contributed by atoms with Gasteiger partial charge in [-0.15, -0.1) is 0 Å². The fraction of sp³-hybridized carbons (Fsp3) is 0.462. The van der Waals surface area contributed by atoms with Crippen LogP contribution in [-0.4, -0.2) is 32.2 Å². The number of methoxy groups -OCH3 is 2. The predicted molar refractivity (Wildman–Crippen MR) is 77.9 cm³/mol. The van der Waals surface area contributed by atoms with E-state index in [0.29, 0.717) is 11.7 Å². The number of aryl methyl sites for hydroxylation is 2. The maximum atomic E-state index is 5.21. The van der Waals surface area contributed by atoms with E-state index >= 15 is 0 Å². The molecular weight excluding hydrogens is 248 g/mol. The van der Waals surface area contributed by atoms with Crippen molar-refractivity contribution in [2.75, 3.05) is 26.1 Å². The highest BCUT2D eigenvalue weighted by Crippen LogP contribution is 2.15. The number of anilines is 1. The Balaban J connectivity index is 2.49. The fourth-order valence-corrected chi connectivity index (χ4v) is 1.75. The lowest BCUT2D eigenvalue weighted by atomic mass is 10.1. The molecule has 0 aliphatic heterocycles. The molecule has 0 aliphatic carbocycles.